The Morgan fingerprint density at radius 2 is 1.31 bits per heavy atom. The summed E-state index contributed by atoms with van der Waals surface area (Å²) in [5, 5.41) is 37.5. The van der Waals surface area contributed by atoms with Crippen molar-refractivity contribution in [1.82, 2.24) is 15.0 Å². The molecule has 4 aliphatic heterocycles. The third-order valence-electron chi connectivity index (χ3n) is 13.7. The lowest BCUT2D eigenvalue weighted by Crippen LogP contribution is -2.41. The number of aliphatic hydroxyl groups excluding tert-OH is 2. The summed E-state index contributed by atoms with van der Waals surface area (Å²) in [6, 6.07) is 24.2. The van der Waals surface area contributed by atoms with Gasteiger partial charge in [-0.1, -0.05) is 58.2 Å². The summed E-state index contributed by atoms with van der Waals surface area (Å²) in [4.78, 5) is 19.6. The molecule has 11 rings (SSSR count). The van der Waals surface area contributed by atoms with E-state index in [1.165, 1.54) is 50.0 Å². The third kappa shape index (κ3) is 14.3. The molecule has 70 heavy (non-hydrogen) atoms. The topological polar surface area (TPSA) is 164 Å². The van der Waals surface area contributed by atoms with E-state index in [0.29, 0.717) is 25.8 Å². The molecule has 15 heteroatoms. The highest BCUT2D eigenvalue weighted by Gasteiger charge is 2.26. The Morgan fingerprint density at radius 3 is 1.90 bits per heavy atom. The van der Waals surface area contributed by atoms with E-state index in [0.717, 1.165) is 114 Å². The van der Waals surface area contributed by atoms with Gasteiger partial charge in [0.05, 0.1) is 60.8 Å². The van der Waals surface area contributed by atoms with Crippen LogP contribution in [-0.4, -0.2) is 102 Å². The van der Waals surface area contributed by atoms with Crippen molar-refractivity contribution in [3.8, 4) is 0 Å². The van der Waals surface area contributed by atoms with Crippen LogP contribution in [0.15, 0.2) is 97.6 Å². The molecular weight excluding hydrogens is 883 g/mol. The average molecular weight is 962 g/mol. The first-order chi connectivity index (χ1) is 34.2. The average Bonchev–Trinajstić information content (AvgIpc) is 3.67. The second kappa shape index (κ2) is 26.6. The van der Waals surface area contributed by atoms with Crippen LogP contribution in [0.1, 0.15) is 110 Å². The van der Waals surface area contributed by atoms with Crippen LogP contribution in [0.5, 0.6) is 0 Å². The second-order valence-corrected chi connectivity index (χ2v) is 18.7. The number of hydrogen-bond donors (Lipinski definition) is 5. The van der Waals surface area contributed by atoms with E-state index in [1.807, 2.05) is 74.5 Å². The Kier molecular flexibility index (Phi) is 19.9. The second-order valence-electron chi connectivity index (χ2n) is 18.7. The molecule has 2 atom stereocenters. The molecule has 0 radical (unpaired) electrons. The van der Waals surface area contributed by atoms with Crippen LogP contribution >= 0.6 is 0 Å². The zero-order chi connectivity index (χ0) is 49.2. The van der Waals surface area contributed by atoms with E-state index in [4.69, 9.17) is 19.3 Å². The van der Waals surface area contributed by atoms with Gasteiger partial charge in [0, 0.05) is 94.1 Å². The molecule has 2 saturated heterocycles. The highest BCUT2D eigenvalue weighted by atomic mass is 16.5. The third-order valence-corrected chi connectivity index (χ3v) is 13.7. The molecule has 2 aliphatic carbocycles. The summed E-state index contributed by atoms with van der Waals surface area (Å²) < 4.78 is 16.8. The number of fused-ring (bicyclic) bond motifs is 4. The largest absolute Gasteiger partial charge is 0.393 e. The predicted octanol–water partition coefficient (Wildman–Crippen LogP) is 10.6. The van der Waals surface area contributed by atoms with E-state index in [1.54, 1.807) is 18.6 Å². The molecule has 3 aromatic heterocycles. The van der Waals surface area contributed by atoms with Crippen LogP contribution in [0.2, 0.25) is 0 Å². The van der Waals surface area contributed by atoms with Crippen LogP contribution in [0.4, 0.5) is 45.8 Å². The molecule has 6 aliphatic rings. The highest BCUT2D eigenvalue weighted by molar-refractivity contribution is 5.81. The van der Waals surface area contributed by atoms with E-state index in [-0.39, 0.29) is 26.5 Å². The van der Waals surface area contributed by atoms with E-state index in [2.05, 4.69) is 79.6 Å². The first-order valence-electron chi connectivity index (χ1n) is 25.6. The van der Waals surface area contributed by atoms with Crippen molar-refractivity contribution in [2.45, 2.75) is 123 Å². The minimum absolute atomic E-state index is 0. The Balaban J connectivity index is 0.000000173. The smallest absolute Gasteiger partial charge is 0.135 e. The van der Waals surface area contributed by atoms with Gasteiger partial charge in [-0.15, -0.1) is 0 Å². The van der Waals surface area contributed by atoms with Gasteiger partial charge in [0.15, 0.2) is 0 Å². The molecule has 5 aromatic rings. The fraction of sp³-hybridized carbons (Fsp3) is 0.509. The van der Waals surface area contributed by atoms with Crippen LogP contribution in [0.3, 0.4) is 0 Å². The summed E-state index contributed by atoms with van der Waals surface area (Å²) in [6.07, 6.45) is 19.2. The van der Waals surface area contributed by atoms with Gasteiger partial charge >= 0.3 is 0 Å². The zero-order valence-corrected chi connectivity index (χ0v) is 42.0. The van der Waals surface area contributed by atoms with Crippen LogP contribution < -0.4 is 30.4 Å². The molecule has 0 bridgehead atoms. The van der Waals surface area contributed by atoms with Gasteiger partial charge in [-0.3, -0.25) is 15.3 Å². The molecule has 5 N–H and O–H groups in total. The molecular formula is C55H79N9O6. The van der Waals surface area contributed by atoms with Crippen molar-refractivity contribution in [3.05, 3.63) is 114 Å². The maximum atomic E-state index is 10.5. The standard InChI is InChI=1S/C22H23N5O2.C17H20N4O2.2C7H14O.C2H6.H2/c28-15-27-13-17-4-2-8-24-22(17)25-19-6-5-18(11-20(19)27)26-9-10-29-21(14-26)16-3-1-7-23-12-16;1-12-10-20(7-8-23-12)14-4-5-15-16(9-14)21(22)11-13-3-2-6-18-17(13)19-15;1-6-2-4-7(8)5-3-6;1-8-7-5-3-2-4-6-7;1-2;/h1-8,11-12,21,28H,9-10,13-15H2,(H,24,25);2-6,9,12,22H,7-8,10-11H2,1H3,(H,18,19);6-8H,2-5H2,1H3;7H,2-6H2,1H3;1-2H3;1H. The summed E-state index contributed by atoms with van der Waals surface area (Å²) in [5.41, 5.74) is 8.85. The molecule has 2 unspecified atom stereocenters. The number of pyridine rings is 3. The van der Waals surface area contributed by atoms with Crippen LogP contribution in [0, 0.1) is 5.92 Å². The van der Waals surface area contributed by atoms with E-state index in [9.17, 15) is 10.3 Å². The molecule has 4 fully saturated rings. The number of aromatic nitrogens is 3. The number of nitrogens with zero attached hydrogens (tertiary/aromatic N) is 7. The maximum Gasteiger partial charge on any atom is 0.135 e. The van der Waals surface area contributed by atoms with Gasteiger partial charge in [-0.05, 0) is 106 Å². The van der Waals surface area contributed by atoms with Gasteiger partial charge in [0.1, 0.15) is 24.5 Å². The number of benzene rings is 2. The number of ether oxygens (including phenoxy) is 3. The SMILES string of the molecule is CC.CC1CCC(O)CC1.CC1CN(c2ccc3c(c2)N(O)Cc2cccnc2N3)CCO1.COC1CCCCC1.OCN1Cc2cccnc2Nc2ccc(N3CCOC(c4cccnc4)C3)cc21.[HH]. The molecule has 0 amide bonds. The summed E-state index contributed by atoms with van der Waals surface area (Å²) >= 11 is 0. The number of aliphatic hydroxyl groups is 2. The molecule has 0 spiro atoms. The van der Waals surface area contributed by atoms with Gasteiger partial charge in [0.2, 0.25) is 0 Å². The first-order valence-corrected chi connectivity index (χ1v) is 25.6. The maximum absolute atomic E-state index is 10.5. The van der Waals surface area contributed by atoms with Gasteiger partial charge in [-0.2, -0.15) is 0 Å². The molecule has 380 valence electrons. The predicted molar refractivity (Wildman–Crippen MR) is 283 cm³/mol. The number of anilines is 8. The van der Waals surface area contributed by atoms with Gasteiger partial charge < -0.3 is 49.8 Å². The van der Waals surface area contributed by atoms with Crippen molar-refractivity contribution in [2.75, 3.05) is 83.6 Å². The van der Waals surface area contributed by atoms with E-state index < -0.39 is 0 Å². The van der Waals surface area contributed by atoms with Crippen molar-refractivity contribution in [1.29, 1.82) is 0 Å². The Labute approximate surface area is 417 Å². The monoisotopic (exact) mass is 962 g/mol. The first kappa shape index (κ1) is 52.3. The van der Waals surface area contributed by atoms with Crippen molar-refractivity contribution in [2.24, 2.45) is 5.92 Å². The van der Waals surface area contributed by atoms with Gasteiger partial charge in [-0.25, -0.2) is 9.97 Å². The zero-order valence-electron chi connectivity index (χ0n) is 42.0. The number of methoxy groups -OCH3 is 1. The fourth-order valence-corrected chi connectivity index (χ4v) is 9.64. The van der Waals surface area contributed by atoms with Gasteiger partial charge in [0.25, 0.3) is 0 Å². The Morgan fingerprint density at radius 1 is 0.714 bits per heavy atom. The van der Waals surface area contributed by atoms with Crippen molar-refractivity contribution >= 4 is 45.8 Å². The quantitative estimate of drug-likeness (QED) is 0.113. The molecule has 2 saturated carbocycles. The summed E-state index contributed by atoms with van der Waals surface area (Å²) in [5.74, 6) is 2.48. The lowest BCUT2D eigenvalue weighted by atomic mass is 9.89. The minimum atomic E-state index is -0.0616. The molecule has 7 heterocycles. The molecule has 2 aromatic carbocycles. The summed E-state index contributed by atoms with van der Waals surface area (Å²) in [7, 11) is 1.82. The number of rotatable bonds is 5. The van der Waals surface area contributed by atoms with Crippen LogP contribution in [-0.2, 0) is 27.3 Å². The fourth-order valence-electron chi connectivity index (χ4n) is 9.64. The van der Waals surface area contributed by atoms with Crippen molar-refractivity contribution in [3.63, 3.8) is 0 Å². The number of nitrogens with one attached hydrogen (secondary N) is 2. The Bertz CT molecular complexity index is 2330. The van der Waals surface area contributed by atoms with E-state index >= 15 is 0 Å². The number of hydrogen-bond acceptors (Lipinski definition) is 15. The van der Waals surface area contributed by atoms with Crippen LogP contribution in [0.25, 0.3) is 0 Å². The lowest BCUT2D eigenvalue weighted by Gasteiger charge is -2.35. The van der Waals surface area contributed by atoms with Crippen molar-refractivity contribution < 1.29 is 31.1 Å². The number of hydroxylamine groups is 1. The minimum Gasteiger partial charge on any atom is -0.393 e. The Hall–Kier alpha value is -5.55. The normalized spacial score (nSPS) is 21.7. The number of morpholine rings is 2. The highest BCUT2D eigenvalue weighted by Crippen LogP contribution is 2.39. The lowest BCUT2D eigenvalue weighted by molar-refractivity contribution is 0.0396. The summed E-state index contributed by atoms with van der Waals surface area (Å²) in [6.45, 7) is 14.0. The molecule has 15 nitrogen and oxygen atoms in total.